The molecule has 0 fully saturated rings. The van der Waals surface area contributed by atoms with E-state index < -0.39 is 6.10 Å². The fourth-order valence-corrected chi connectivity index (χ4v) is 0.816. The SMILES string of the molecule is C[NH+](C)C(CO)C(O)CO. The molecule has 4 N–H and O–H groups in total. The van der Waals surface area contributed by atoms with E-state index in [2.05, 4.69) is 0 Å². The Morgan fingerprint density at radius 3 is 1.80 bits per heavy atom. The molecule has 0 rings (SSSR count). The molecule has 10 heavy (non-hydrogen) atoms. The highest BCUT2D eigenvalue weighted by molar-refractivity contribution is 4.63. The van der Waals surface area contributed by atoms with Crippen molar-refractivity contribution in [2.24, 2.45) is 0 Å². The van der Waals surface area contributed by atoms with Crippen LogP contribution in [0.1, 0.15) is 0 Å². The summed E-state index contributed by atoms with van der Waals surface area (Å²) >= 11 is 0. The smallest absolute Gasteiger partial charge is 0.139 e. The topological polar surface area (TPSA) is 65.1 Å². The van der Waals surface area contributed by atoms with Crippen molar-refractivity contribution in [1.29, 1.82) is 0 Å². The van der Waals surface area contributed by atoms with Crippen LogP contribution in [0.5, 0.6) is 0 Å². The molecule has 0 radical (unpaired) electrons. The Morgan fingerprint density at radius 1 is 1.20 bits per heavy atom. The molecule has 0 amide bonds. The van der Waals surface area contributed by atoms with E-state index >= 15 is 0 Å². The van der Waals surface area contributed by atoms with Crippen LogP contribution in [0.4, 0.5) is 0 Å². The van der Waals surface area contributed by atoms with Crippen LogP contribution in [0.15, 0.2) is 0 Å². The molecule has 0 aromatic heterocycles. The molecule has 2 atom stereocenters. The van der Waals surface area contributed by atoms with Gasteiger partial charge in [0, 0.05) is 0 Å². The Balaban J connectivity index is 3.80. The van der Waals surface area contributed by atoms with Gasteiger partial charge in [-0.1, -0.05) is 0 Å². The minimum absolute atomic E-state index is 0.107. The highest BCUT2D eigenvalue weighted by Crippen LogP contribution is 1.85. The predicted octanol–water partition coefficient (Wildman–Crippen LogP) is -3.15. The van der Waals surface area contributed by atoms with Crippen molar-refractivity contribution in [1.82, 2.24) is 0 Å². The first-order valence-corrected chi connectivity index (χ1v) is 3.33. The number of hydrogen-bond donors (Lipinski definition) is 4. The molecule has 0 aromatic carbocycles. The lowest BCUT2D eigenvalue weighted by molar-refractivity contribution is -0.890. The van der Waals surface area contributed by atoms with Crippen molar-refractivity contribution in [3.63, 3.8) is 0 Å². The molecule has 0 bridgehead atoms. The summed E-state index contributed by atoms with van der Waals surface area (Å²) in [5, 5.41) is 26.3. The van der Waals surface area contributed by atoms with Crippen molar-refractivity contribution >= 4 is 0 Å². The van der Waals surface area contributed by atoms with E-state index in [1.807, 2.05) is 14.1 Å². The van der Waals surface area contributed by atoms with Crippen LogP contribution in [0, 0.1) is 0 Å². The molecule has 4 heteroatoms. The Morgan fingerprint density at radius 2 is 1.70 bits per heavy atom. The maximum atomic E-state index is 9.06. The van der Waals surface area contributed by atoms with Crippen LogP contribution in [-0.4, -0.2) is 54.8 Å². The number of aliphatic hydroxyl groups excluding tert-OH is 3. The van der Waals surface area contributed by atoms with Gasteiger partial charge in [0.05, 0.1) is 27.3 Å². The third-order valence-electron chi connectivity index (χ3n) is 1.59. The van der Waals surface area contributed by atoms with Crippen LogP contribution < -0.4 is 4.90 Å². The van der Waals surface area contributed by atoms with Crippen LogP contribution in [0.25, 0.3) is 0 Å². The quantitative estimate of drug-likeness (QED) is 0.342. The van der Waals surface area contributed by atoms with Crippen molar-refractivity contribution < 1.29 is 20.2 Å². The zero-order chi connectivity index (χ0) is 8.15. The lowest BCUT2D eigenvalue weighted by Gasteiger charge is -2.22. The summed E-state index contributed by atoms with van der Waals surface area (Å²) in [5.74, 6) is 0. The summed E-state index contributed by atoms with van der Waals surface area (Å²) < 4.78 is 0. The average molecular weight is 150 g/mol. The van der Waals surface area contributed by atoms with Gasteiger partial charge in [0.2, 0.25) is 0 Å². The molecular weight excluding hydrogens is 134 g/mol. The van der Waals surface area contributed by atoms with Gasteiger partial charge in [-0.05, 0) is 0 Å². The molecule has 0 aromatic rings. The molecule has 4 nitrogen and oxygen atoms in total. The summed E-state index contributed by atoms with van der Waals surface area (Å²) in [4.78, 5) is 0.934. The molecule has 0 aliphatic heterocycles. The first-order chi connectivity index (χ1) is 4.63. The molecule has 0 saturated heterocycles. The van der Waals surface area contributed by atoms with E-state index in [0.717, 1.165) is 4.90 Å². The van der Waals surface area contributed by atoms with Gasteiger partial charge in [-0.3, -0.25) is 0 Å². The summed E-state index contributed by atoms with van der Waals surface area (Å²) in [7, 11) is 3.64. The molecule has 2 unspecified atom stereocenters. The Kier molecular flexibility index (Phi) is 4.55. The van der Waals surface area contributed by atoms with E-state index in [9.17, 15) is 0 Å². The Bertz CT molecular complexity index is 87.1. The second kappa shape index (κ2) is 4.62. The van der Waals surface area contributed by atoms with E-state index in [4.69, 9.17) is 15.3 Å². The molecule has 0 aliphatic carbocycles. The fraction of sp³-hybridized carbons (Fsp3) is 1.00. The molecule has 0 heterocycles. The van der Waals surface area contributed by atoms with E-state index in [1.165, 1.54) is 0 Å². The number of hydrogen-bond acceptors (Lipinski definition) is 3. The van der Waals surface area contributed by atoms with Crippen LogP contribution in [0.2, 0.25) is 0 Å². The predicted molar refractivity (Wildman–Crippen MR) is 36.8 cm³/mol. The second-order valence-electron chi connectivity index (χ2n) is 2.62. The van der Waals surface area contributed by atoms with Crippen molar-refractivity contribution in [2.75, 3.05) is 27.3 Å². The third-order valence-corrected chi connectivity index (χ3v) is 1.59. The molecule has 62 valence electrons. The van der Waals surface area contributed by atoms with Gasteiger partial charge in [-0.25, -0.2) is 0 Å². The summed E-state index contributed by atoms with van der Waals surface area (Å²) in [6.07, 6.45) is -0.824. The molecular formula is C6H16NO3+. The third kappa shape index (κ3) is 2.62. The van der Waals surface area contributed by atoms with E-state index in [-0.39, 0.29) is 19.3 Å². The standard InChI is InChI=1S/C6H15NO3/c1-7(2)5(3-8)6(10)4-9/h5-6,8-10H,3-4H2,1-2H3/p+1. The summed E-state index contributed by atoms with van der Waals surface area (Å²) in [6.45, 7) is -0.402. The molecule has 0 saturated carbocycles. The molecule has 0 spiro atoms. The van der Waals surface area contributed by atoms with Crippen LogP contribution >= 0.6 is 0 Å². The van der Waals surface area contributed by atoms with Gasteiger partial charge in [0.15, 0.2) is 0 Å². The minimum atomic E-state index is -0.824. The summed E-state index contributed by atoms with van der Waals surface area (Å²) in [6, 6.07) is -0.287. The number of rotatable bonds is 4. The largest absolute Gasteiger partial charge is 0.393 e. The fourth-order valence-electron chi connectivity index (χ4n) is 0.816. The summed E-state index contributed by atoms with van der Waals surface area (Å²) in [5.41, 5.74) is 0. The maximum Gasteiger partial charge on any atom is 0.139 e. The zero-order valence-electron chi connectivity index (χ0n) is 6.41. The minimum Gasteiger partial charge on any atom is -0.393 e. The van der Waals surface area contributed by atoms with E-state index in [1.54, 1.807) is 0 Å². The van der Waals surface area contributed by atoms with Gasteiger partial charge in [0.25, 0.3) is 0 Å². The number of aliphatic hydroxyl groups is 3. The number of nitrogens with one attached hydrogen (secondary N) is 1. The van der Waals surface area contributed by atoms with Crippen molar-refractivity contribution in [3.8, 4) is 0 Å². The second-order valence-corrected chi connectivity index (χ2v) is 2.62. The number of likely N-dealkylation sites (N-methyl/N-ethyl adjacent to an activating group) is 1. The van der Waals surface area contributed by atoms with Gasteiger partial charge in [-0.2, -0.15) is 0 Å². The lowest BCUT2D eigenvalue weighted by Crippen LogP contribution is -3.12. The van der Waals surface area contributed by atoms with Gasteiger partial charge in [-0.15, -0.1) is 0 Å². The van der Waals surface area contributed by atoms with Gasteiger partial charge >= 0.3 is 0 Å². The van der Waals surface area contributed by atoms with E-state index in [0.29, 0.717) is 0 Å². The highest BCUT2D eigenvalue weighted by atomic mass is 16.3. The maximum absolute atomic E-state index is 9.06. The highest BCUT2D eigenvalue weighted by Gasteiger charge is 2.22. The first-order valence-electron chi connectivity index (χ1n) is 3.33. The van der Waals surface area contributed by atoms with Crippen LogP contribution in [0.3, 0.4) is 0 Å². The van der Waals surface area contributed by atoms with Gasteiger partial charge < -0.3 is 20.2 Å². The lowest BCUT2D eigenvalue weighted by atomic mass is 10.2. The average Bonchev–Trinajstić information content (AvgIpc) is 1.88. The van der Waals surface area contributed by atoms with Crippen molar-refractivity contribution in [3.05, 3.63) is 0 Å². The monoisotopic (exact) mass is 150 g/mol. The van der Waals surface area contributed by atoms with Gasteiger partial charge in [0.1, 0.15) is 12.1 Å². The van der Waals surface area contributed by atoms with Crippen LogP contribution in [-0.2, 0) is 0 Å². The Hall–Kier alpha value is -0.160. The molecule has 0 aliphatic rings. The number of quaternary nitrogens is 1. The normalized spacial score (nSPS) is 17.4. The van der Waals surface area contributed by atoms with Crippen molar-refractivity contribution in [2.45, 2.75) is 12.1 Å². The zero-order valence-corrected chi connectivity index (χ0v) is 6.41. The Labute approximate surface area is 60.7 Å². The first kappa shape index (κ1) is 9.84.